The molecule has 0 unspecified atom stereocenters. The van der Waals surface area contributed by atoms with Crippen molar-refractivity contribution in [2.45, 2.75) is 0 Å². The number of nitriles is 1. The van der Waals surface area contributed by atoms with Gasteiger partial charge in [-0.05, 0) is 35.9 Å². The monoisotopic (exact) mass is 474 g/mol. The van der Waals surface area contributed by atoms with Gasteiger partial charge in [-0.3, -0.25) is 4.79 Å². The third kappa shape index (κ3) is 5.06. The summed E-state index contributed by atoms with van der Waals surface area (Å²) in [4.78, 5) is 21.0. The van der Waals surface area contributed by atoms with Crippen LogP contribution in [-0.4, -0.2) is 63.3 Å². The van der Waals surface area contributed by atoms with Gasteiger partial charge in [0.25, 0.3) is 5.91 Å². The number of piperazine rings is 1. The lowest BCUT2D eigenvalue weighted by Gasteiger charge is -2.34. The molecule has 1 saturated heterocycles. The Morgan fingerprint density at radius 3 is 2.37 bits per heavy atom. The van der Waals surface area contributed by atoms with Gasteiger partial charge in [-0.2, -0.15) is 10.2 Å². The number of hydrogen-bond acceptors (Lipinski definition) is 8. The van der Waals surface area contributed by atoms with Crippen molar-refractivity contribution in [2.75, 3.05) is 52.4 Å². The van der Waals surface area contributed by atoms with Gasteiger partial charge in [-0.25, -0.2) is 0 Å². The molecule has 9 nitrogen and oxygen atoms in total. The van der Waals surface area contributed by atoms with Gasteiger partial charge in [0, 0.05) is 32.3 Å². The number of benzene rings is 2. The number of methoxy groups -OCH3 is 3. The smallest absolute Gasteiger partial charge is 0.257 e. The van der Waals surface area contributed by atoms with Crippen molar-refractivity contribution in [1.29, 1.82) is 5.26 Å². The van der Waals surface area contributed by atoms with Crippen LogP contribution in [0.15, 0.2) is 46.9 Å². The highest BCUT2D eigenvalue weighted by atomic mass is 16.5. The molecule has 0 radical (unpaired) electrons. The van der Waals surface area contributed by atoms with Crippen LogP contribution in [0, 0.1) is 11.3 Å². The van der Waals surface area contributed by atoms with Crippen LogP contribution in [0.1, 0.15) is 27.5 Å². The zero-order valence-electron chi connectivity index (χ0n) is 19.9. The van der Waals surface area contributed by atoms with Gasteiger partial charge >= 0.3 is 0 Å². The number of carbonyl (C=O) groups excluding carboxylic acids is 1. The fourth-order valence-electron chi connectivity index (χ4n) is 3.91. The van der Waals surface area contributed by atoms with Crippen LogP contribution in [-0.2, 0) is 0 Å². The van der Waals surface area contributed by atoms with E-state index in [0.29, 0.717) is 60.8 Å². The molecule has 0 spiro atoms. The van der Waals surface area contributed by atoms with Crippen molar-refractivity contribution in [3.05, 3.63) is 65.2 Å². The predicted octanol–water partition coefficient (Wildman–Crippen LogP) is 3.70. The highest BCUT2D eigenvalue weighted by molar-refractivity contribution is 5.97. The summed E-state index contributed by atoms with van der Waals surface area (Å²) in [5, 5.41) is 9.59. The van der Waals surface area contributed by atoms with Crippen LogP contribution in [0.3, 0.4) is 0 Å². The molecule has 1 fully saturated rings. The molecule has 1 amide bonds. The normalized spacial score (nSPS) is 13.5. The zero-order chi connectivity index (χ0) is 24.8. The van der Waals surface area contributed by atoms with Crippen LogP contribution < -0.4 is 19.1 Å². The third-order valence-corrected chi connectivity index (χ3v) is 5.75. The maximum absolute atomic E-state index is 13.0. The molecular weight excluding hydrogens is 448 g/mol. The first kappa shape index (κ1) is 23.7. The van der Waals surface area contributed by atoms with Crippen molar-refractivity contribution < 1.29 is 23.4 Å². The molecule has 0 bridgehead atoms. The number of para-hydroxylation sites is 1. The highest BCUT2D eigenvalue weighted by Crippen LogP contribution is 2.29. The zero-order valence-corrected chi connectivity index (χ0v) is 19.9. The van der Waals surface area contributed by atoms with Gasteiger partial charge < -0.3 is 28.4 Å². The van der Waals surface area contributed by atoms with Gasteiger partial charge in [-0.15, -0.1) is 0 Å². The number of amides is 1. The summed E-state index contributed by atoms with van der Waals surface area (Å²) in [5.41, 5.74) is 1.61. The molecule has 0 atom stereocenters. The first-order chi connectivity index (χ1) is 17.1. The summed E-state index contributed by atoms with van der Waals surface area (Å²) in [6.07, 6.45) is 3.52. The molecule has 3 aromatic rings. The van der Waals surface area contributed by atoms with Crippen LogP contribution in [0.2, 0.25) is 0 Å². The second-order valence-electron chi connectivity index (χ2n) is 7.74. The fraction of sp³-hybridized carbons (Fsp3) is 0.269. The number of ether oxygens (including phenoxy) is 3. The average molecular weight is 475 g/mol. The Morgan fingerprint density at radius 2 is 1.69 bits per heavy atom. The Hall–Kier alpha value is -4.45. The quantitative estimate of drug-likeness (QED) is 0.511. The number of nitrogens with zero attached hydrogens (tertiary/aromatic N) is 4. The first-order valence-electron chi connectivity index (χ1n) is 11.1. The summed E-state index contributed by atoms with van der Waals surface area (Å²) in [5.74, 6) is 2.44. The van der Waals surface area contributed by atoms with Gasteiger partial charge in [0.1, 0.15) is 11.8 Å². The number of rotatable bonds is 7. The Bertz CT molecular complexity index is 1270. The molecule has 2 aromatic carbocycles. The molecule has 0 saturated carbocycles. The minimum Gasteiger partial charge on any atom is -0.496 e. The summed E-state index contributed by atoms with van der Waals surface area (Å²) >= 11 is 0. The lowest BCUT2D eigenvalue weighted by molar-refractivity contribution is 0.0742. The molecule has 180 valence electrons. The van der Waals surface area contributed by atoms with E-state index in [2.05, 4.69) is 11.1 Å². The van der Waals surface area contributed by atoms with Crippen LogP contribution >= 0.6 is 0 Å². The van der Waals surface area contributed by atoms with Gasteiger partial charge in [0.2, 0.25) is 17.5 Å². The Labute approximate surface area is 203 Å². The van der Waals surface area contributed by atoms with E-state index in [1.807, 2.05) is 41.3 Å². The molecule has 9 heteroatoms. The minimum absolute atomic E-state index is 0.0845. The van der Waals surface area contributed by atoms with E-state index in [-0.39, 0.29) is 11.6 Å². The van der Waals surface area contributed by atoms with Gasteiger partial charge in [-0.1, -0.05) is 18.2 Å². The largest absolute Gasteiger partial charge is 0.496 e. The first-order valence-corrected chi connectivity index (χ1v) is 11.1. The van der Waals surface area contributed by atoms with Crippen molar-refractivity contribution >= 4 is 23.9 Å². The molecule has 35 heavy (non-hydrogen) atoms. The van der Waals surface area contributed by atoms with Crippen LogP contribution in [0.4, 0.5) is 5.88 Å². The molecule has 1 aromatic heterocycles. The average Bonchev–Trinajstić information content (AvgIpc) is 3.34. The van der Waals surface area contributed by atoms with E-state index in [0.717, 1.165) is 5.56 Å². The molecule has 2 heterocycles. The van der Waals surface area contributed by atoms with E-state index in [4.69, 9.17) is 18.6 Å². The van der Waals surface area contributed by atoms with E-state index in [1.54, 1.807) is 44.4 Å². The second-order valence-corrected chi connectivity index (χ2v) is 7.74. The van der Waals surface area contributed by atoms with Gasteiger partial charge in [0.05, 0.1) is 26.9 Å². The standard InChI is InChI=1S/C26H26N4O5/c1-32-21-7-5-4-6-19(21)25(31)29-12-14-30(15-13-29)26-20(17-27)28-24(35-26)11-9-18-8-10-22(33-2)23(16-18)34-3/h4-11,16H,12-15H2,1-3H3/b11-9+. The molecule has 0 aliphatic carbocycles. The number of oxazole rings is 1. The lowest BCUT2D eigenvalue weighted by atomic mass is 10.1. The Balaban J connectivity index is 1.45. The van der Waals surface area contributed by atoms with Gasteiger partial charge in [0.15, 0.2) is 11.5 Å². The number of carbonyl (C=O) groups is 1. The van der Waals surface area contributed by atoms with Crippen molar-refractivity contribution in [3.63, 3.8) is 0 Å². The van der Waals surface area contributed by atoms with E-state index >= 15 is 0 Å². The molecular formula is C26H26N4O5. The molecule has 1 aliphatic heterocycles. The second kappa shape index (κ2) is 10.7. The number of hydrogen-bond donors (Lipinski definition) is 0. The summed E-state index contributed by atoms with van der Waals surface area (Å²) in [7, 11) is 4.71. The molecule has 1 aliphatic rings. The SMILES string of the molecule is COc1ccc(/C=C/c2nc(C#N)c(N3CCN(C(=O)c4ccccc4OC)CC3)o2)cc1OC. The van der Waals surface area contributed by atoms with Crippen molar-refractivity contribution in [1.82, 2.24) is 9.88 Å². The van der Waals surface area contributed by atoms with E-state index in [9.17, 15) is 10.1 Å². The fourth-order valence-corrected chi connectivity index (χ4v) is 3.91. The Morgan fingerprint density at radius 1 is 0.971 bits per heavy atom. The van der Waals surface area contributed by atoms with E-state index in [1.165, 1.54) is 0 Å². The molecule has 0 N–H and O–H groups in total. The predicted molar refractivity (Wildman–Crippen MR) is 131 cm³/mol. The van der Waals surface area contributed by atoms with Crippen molar-refractivity contribution in [2.24, 2.45) is 0 Å². The Kier molecular flexibility index (Phi) is 7.21. The minimum atomic E-state index is -0.0845. The summed E-state index contributed by atoms with van der Waals surface area (Å²) in [6, 6.07) is 14.8. The summed E-state index contributed by atoms with van der Waals surface area (Å²) in [6.45, 7) is 2.01. The number of aromatic nitrogens is 1. The third-order valence-electron chi connectivity index (χ3n) is 5.75. The van der Waals surface area contributed by atoms with E-state index < -0.39 is 0 Å². The molecule has 4 rings (SSSR count). The maximum Gasteiger partial charge on any atom is 0.257 e. The highest BCUT2D eigenvalue weighted by Gasteiger charge is 2.27. The lowest BCUT2D eigenvalue weighted by Crippen LogP contribution is -2.49. The number of anilines is 1. The van der Waals surface area contributed by atoms with Crippen molar-refractivity contribution in [3.8, 4) is 23.3 Å². The maximum atomic E-state index is 13.0. The topological polar surface area (TPSA) is 101 Å². The van der Waals surface area contributed by atoms with Crippen LogP contribution in [0.25, 0.3) is 12.2 Å². The summed E-state index contributed by atoms with van der Waals surface area (Å²) < 4.78 is 21.8. The van der Waals surface area contributed by atoms with Crippen LogP contribution in [0.5, 0.6) is 17.2 Å².